The number of anilines is 1. The third-order valence-corrected chi connectivity index (χ3v) is 2.77. The predicted molar refractivity (Wildman–Crippen MR) is 62.2 cm³/mol. The van der Waals surface area contributed by atoms with Gasteiger partial charge in [0.05, 0.1) is 10.9 Å². The molecule has 1 aromatic carbocycles. The number of rotatable bonds is 1. The molecule has 0 aliphatic heterocycles. The van der Waals surface area contributed by atoms with Crippen LogP contribution in [0.15, 0.2) is 22.8 Å². The molecule has 3 nitrogen and oxygen atoms in total. The fourth-order valence-electron chi connectivity index (χ4n) is 1.57. The van der Waals surface area contributed by atoms with E-state index in [1.54, 1.807) is 0 Å². The molecule has 0 spiro atoms. The minimum absolute atomic E-state index is 0.339. The minimum Gasteiger partial charge on any atom is -0.398 e. The van der Waals surface area contributed by atoms with Gasteiger partial charge in [-0.1, -0.05) is 6.07 Å². The van der Waals surface area contributed by atoms with Crippen molar-refractivity contribution in [3.05, 3.63) is 22.8 Å². The molecule has 1 heterocycles. The fraction of sp³-hybridized carbons (Fsp3) is 0.300. The number of benzene rings is 1. The van der Waals surface area contributed by atoms with Crippen LogP contribution < -0.4 is 5.73 Å². The summed E-state index contributed by atoms with van der Waals surface area (Å²) in [6.07, 6.45) is 0. The quantitative estimate of drug-likeness (QED) is 0.795. The van der Waals surface area contributed by atoms with Gasteiger partial charge in [0.15, 0.2) is 0 Å². The summed E-state index contributed by atoms with van der Waals surface area (Å²) in [6, 6.07) is 6.21. The first-order valence-corrected chi connectivity index (χ1v) is 5.32. The van der Waals surface area contributed by atoms with Crippen LogP contribution in [0.4, 0.5) is 5.69 Å². The summed E-state index contributed by atoms with van der Waals surface area (Å²) in [5.74, 6) is 0. The lowest BCUT2D eigenvalue weighted by molar-refractivity contribution is 0.548. The van der Waals surface area contributed by atoms with Crippen LogP contribution in [0, 0.1) is 0 Å². The van der Waals surface area contributed by atoms with Crippen molar-refractivity contribution in [3.63, 3.8) is 0 Å². The number of aromatic nitrogens is 2. The zero-order valence-electron chi connectivity index (χ0n) is 8.16. The van der Waals surface area contributed by atoms with Gasteiger partial charge in [-0.3, -0.25) is 4.68 Å². The van der Waals surface area contributed by atoms with Crippen LogP contribution in [0.2, 0.25) is 0 Å². The largest absolute Gasteiger partial charge is 0.398 e. The third-order valence-electron chi connectivity index (χ3n) is 2.21. The van der Waals surface area contributed by atoms with Gasteiger partial charge >= 0.3 is 0 Å². The number of nitrogens with two attached hydrogens (primary N) is 1. The topological polar surface area (TPSA) is 43.8 Å². The van der Waals surface area contributed by atoms with E-state index in [-0.39, 0.29) is 0 Å². The van der Waals surface area contributed by atoms with E-state index in [0.717, 1.165) is 21.2 Å². The van der Waals surface area contributed by atoms with Gasteiger partial charge in [-0.25, -0.2) is 0 Å². The van der Waals surface area contributed by atoms with Gasteiger partial charge in [0.25, 0.3) is 0 Å². The molecule has 0 atom stereocenters. The van der Waals surface area contributed by atoms with Crippen LogP contribution in [0.1, 0.15) is 19.9 Å². The molecule has 1 aromatic heterocycles. The Morgan fingerprint density at radius 2 is 2.14 bits per heavy atom. The van der Waals surface area contributed by atoms with Crippen molar-refractivity contribution in [1.29, 1.82) is 0 Å². The van der Waals surface area contributed by atoms with Gasteiger partial charge in [-0.15, -0.1) is 0 Å². The number of nitrogens with zero attached hydrogens (tertiary/aromatic N) is 2. The van der Waals surface area contributed by atoms with E-state index in [2.05, 4.69) is 34.9 Å². The summed E-state index contributed by atoms with van der Waals surface area (Å²) in [7, 11) is 0. The third kappa shape index (κ3) is 1.30. The van der Waals surface area contributed by atoms with Gasteiger partial charge in [0.2, 0.25) is 0 Å². The van der Waals surface area contributed by atoms with Gasteiger partial charge in [-0.05, 0) is 41.9 Å². The van der Waals surface area contributed by atoms with Crippen LogP contribution in [-0.2, 0) is 0 Å². The molecule has 0 aliphatic rings. The van der Waals surface area contributed by atoms with Gasteiger partial charge in [0.1, 0.15) is 4.60 Å². The van der Waals surface area contributed by atoms with Gasteiger partial charge in [-0.2, -0.15) is 5.10 Å². The molecule has 4 heteroatoms. The molecule has 0 aliphatic carbocycles. The number of halogens is 1. The Balaban J connectivity index is 2.84. The molecular weight excluding hydrogens is 242 g/mol. The van der Waals surface area contributed by atoms with E-state index in [0.29, 0.717) is 6.04 Å². The highest BCUT2D eigenvalue weighted by Crippen LogP contribution is 2.29. The number of hydrogen-bond acceptors (Lipinski definition) is 2. The predicted octanol–water partition coefficient (Wildman–Crippen LogP) is 2.96. The lowest BCUT2D eigenvalue weighted by Crippen LogP contribution is -2.02. The Morgan fingerprint density at radius 1 is 1.43 bits per heavy atom. The first-order valence-electron chi connectivity index (χ1n) is 4.53. The smallest absolute Gasteiger partial charge is 0.138 e. The average molecular weight is 254 g/mol. The monoisotopic (exact) mass is 253 g/mol. The molecule has 0 radical (unpaired) electrons. The van der Waals surface area contributed by atoms with E-state index in [9.17, 15) is 0 Å². The molecular formula is C10H12BrN3. The minimum atomic E-state index is 0.339. The van der Waals surface area contributed by atoms with Crippen molar-refractivity contribution in [1.82, 2.24) is 9.78 Å². The van der Waals surface area contributed by atoms with Crippen molar-refractivity contribution in [2.24, 2.45) is 0 Å². The number of hydrogen-bond donors (Lipinski definition) is 1. The Morgan fingerprint density at radius 3 is 2.79 bits per heavy atom. The normalized spacial score (nSPS) is 11.4. The van der Waals surface area contributed by atoms with Crippen molar-refractivity contribution in [2.75, 3.05) is 5.73 Å². The summed E-state index contributed by atoms with van der Waals surface area (Å²) in [4.78, 5) is 0. The molecule has 14 heavy (non-hydrogen) atoms. The maximum atomic E-state index is 5.89. The first-order chi connectivity index (χ1) is 6.61. The SMILES string of the molecule is CC(C)n1nc(Br)c2c(N)cccc21. The molecule has 0 saturated heterocycles. The zero-order valence-corrected chi connectivity index (χ0v) is 9.75. The lowest BCUT2D eigenvalue weighted by atomic mass is 10.2. The molecule has 0 fully saturated rings. The molecule has 74 valence electrons. The summed E-state index contributed by atoms with van der Waals surface area (Å²) in [5, 5.41) is 5.40. The van der Waals surface area contributed by atoms with E-state index in [1.807, 2.05) is 22.9 Å². The molecule has 0 saturated carbocycles. The second-order valence-electron chi connectivity index (χ2n) is 3.57. The summed E-state index contributed by atoms with van der Waals surface area (Å²) < 4.78 is 2.79. The van der Waals surface area contributed by atoms with Gasteiger partial charge < -0.3 is 5.73 Å². The Bertz CT molecular complexity index is 473. The molecule has 0 unspecified atom stereocenters. The molecule has 0 bridgehead atoms. The standard InChI is InChI=1S/C10H12BrN3/c1-6(2)14-8-5-3-4-7(12)9(8)10(11)13-14/h3-6H,12H2,1-2H3. The average Bonchev–Trinajstić information content (AvgIpc) is 2.45. The first kappa shape index (κ1) is 9.52. The van der Waals surface area contributed by atoms with Gasteiger partial charge in [0, 0.05) is 11.7 Å². The summed E-state index contributed by atoms with van der Waals surface area (Å²) in [5.41, 5.74) is 7.73. The van der Waals surface area contributed by atoms with E-state index >= 15 is 0 Å². The second-order valence-corrected chi connectivity index (χ2v) is 4.32. The van der Waals surface area contributed by atoms with Crippen LogP contribution >= 0.6 is 15.9 Å². The van der Waals surface area contributed by atoms with E-state index < -0.39 is 0 Å². The maximum absolute atomic E-state index is 5.89. The number of fused-ring (bicyclic) bond motifs is 1. The molecule has 2 rings (SSSR count). The van der Waals surface area contributed by atoms with Crippen molar-refractivity contribution in [2.45, 2.75) is 19.9 Å². The highest BCUT2D eigenvalue weighted by atomic mass is 79.9. The number of nitrogen functional groups attached to an aromatic ring is 1. The Hall–Kier alpha value is -1.03. The molecule has 2 aromatic rings. The highest BCUT2D eigenvalue weighted by Gasteiger charge is 2.12. The van der Waals surface area contributed by atoms with Crippen molar-refractivity contribution in [3.8, 4) is 0 Å². The van der Waals surface area contributed by atoms with Crippen LogP contribution in [0.3, 0.4) is 0 Å². The van der Waals surface area contributed by atoms with E-state index in [4.69, 9.17) is 5.73 Å². The van der Waals surface area contributed by atoms with E-state index in [1.165, 1.54) is 0 Å². The lowest BCUT2D eigenvalue weighted by Gasteiger charge is -2.06. The maximum Gasteiger partial charge on any atom is 0.138 e. The Labute approximate surface area is 91.0 Å². The molecule has 2 N–H and O–H groups in total. The van der Waals surface area contributed by atoms with Crippen molar-refractivity contribution >= 4 is 32.5 Å². The second kappa shape index (κ2) is 3.28. The Kier molecular flexibility index (Phi) is 2.23. The molecule has 0 amide bonds. The summed E-state index contributed by atoms with van der Waals surface area (Å²) >= 11 is 3.42. The van der Waals surface area contributed by atoms with Crippen LogP contribution in [-0.4, -0.2) is 9.78 Å². The summed E-state index contributed by atoms with van der Waals surface area (Å²) in [6.45, 7) is 4.20. The van der Waals surface area contributed by atoms with Crippen LogP contribution in [0.5, 0.6) is 0 Å². The van der Waals surface area contributed by atoms with Crippen LogP contribution in [0.25, 0.3) is 10.9 Å². The zero-order chi connectivity index (χ0) is 10.3. The fourth-order valence-corrected chi connectivity index (χ4v) is 2.17. The highest BCUT2D eigenvalue weighted by molar-refractivity contribution is 9.10. The van der Waals surface area contributed by atoms with Crippen molar-refractivity contribution < 1.29 is 0 Å².